The molecule has 0 saturated heterocycles. The summed E-state index contributed by atoms with van der Waals surface area (Å²) >= 11 is 0. The molecule has 0 saturated carbocycles. The normalized spacial score (nSPS) is 14.2. The monoisotopic (exact) mass is 1420 g/mol. The van der Waals surface area contributed by atoms with Crippen molar-refractivity contribution in [3.63, 3.8) is 0 Å². The van der Waals surface area contributed by atoms with Crippen LogP contribution in [0.25, 0.3) is 0 Å². The quantitative estimate of drug-likeness (QED) is 0.0222. The van der Waals surface area contributed by atoms with Gasteiger partial charge < -0.3 is 33.8 Å². The Kier molecular flexibility index (Phi) is 68.4. The van der Waals surface area contributed by atoms with Gasteiger partial charge in [0.25, 0.3) is 0 Å². The van der Waals surface area contributed by atoms with E-state index >= 15 is 0 Å². The third-order valence-corrected chi connectivity index (χ3v) is 20.5. The van der Waals surface area contributed by atoms with Gasteiger partial charge >= 0.3 is 39.5 Å². The lowest BCUT2D eigenvalue weighted by molar-refractivity contribution is -0.161. The number of rotatable bonds is 77. The van der Waals surface area contributed by atoms with Crippen LogP contribution in [0.5, 0.6) is 0 Å². The van der Waals surface area contributed by atoms with Gasteiger partial charge in [0.15, 0.2) is 12.2 Å². The number of phosphoric acid groups is 2. The highest BCUT2D eigenvalue weighted by atomic mass is 31.2. The first-order chi connectivity index (χ1) is 46.9. The van der Waals surface area contributed by atoms with E-state index in [0.717, 1.165) is 102 Å². The highest BCUT2D eigenvalue weighted by Crippen LogP contribution is 2.45. The molecule has 0 aromatic carbocycles. The summed E-state index contributed by atoms with van der Waals surface area (Å²) in [6.07, 6.45) is 58.7. The maximum atomic E-state index is 13.1. The van der Waals surface area contributed by atoms with Crippen molar-refractivity contribution in [2.24, 2.45) is 11.8 Å². The smallest absolute Gasteiger partial charge is 0.462 e. The van der Waals surface area contributed by atoms with E-state index in [0.29, 0.717) is 31.6 Å². The first-order valence-corrected chi connectivity index (χ1v) is 43.5. The molecular formula is C78H152O17P2. The average molecular weight is 1420 g/mol. The predicted octanol–water partition coefficient (Wildman–Crippen LogP) is 23.1. The summed E-state index contributed by atoms with van der Waals surface area (Å²) in [7, 11) is -9.91. The number of esters is 4. The Hall–Kier alpha value is -1.94. The molecule has 0 aliphatic rings. The van der Waals surface area contributed by atoms with Crippen molar-refractivity contribution in [1.29, 1.82) is 0 Å². The molecule has 0 aliphatic carbocycles. The lowest BCUT2D eigenvalue weighted by atomic mass is 10.00. The lowest BCUT2D eigenvalue weighted by Gasteiger charge is -2.21. The number of aliphatic hydroxyl groups excluding tert-OH is 1. The van der Waals surface area contributed by atoms with Crippen LogP contribution in [0.3, 0.4) is 0 Å². The summed E-state index contributed by atoms with van der Waals surface area (Å²) in [6.45, 7) is 9.47. The lowest BCUT2D eigenvalue weighted by Crippen LogP contribution is -2.30. The summed E-state index contributed by atoms with van der Waals surface area (Å²) in [5.41, 5.74) is 0. The molecule has 0 fully saturated rings. The van der Waals surface area contributed by atoms with Crippen LogP contribution in [0.4, 0.5) is 0 Å². The molecule has 0 aromatic heterocycles. The Morgan fingerprint density at radius 1 is 0.299 bits per heavy atom. The number of ether oxygens (including phenoxy) is 4. The zero-order valence-corrected chi connectivity index (χ0v) is 65.2. The van der Waals surface area contributed by atoms with E-state index in [1.165, 1.54) is 218 Å². The van der Waals surface area contributed by atoms with E-state index < -0.39 is 97.5 Å². The van der Waals surface area contributed by atoms with Gasteiger partial charge in [-0.05, 0) is 37.5 Å². The van der Waals surface area contributed by atoms with Gasteiger partial charge in [-0.1, -0.05) is 356 Å². The van der Waals surface area contributed by atoms with Crippen LogP contribution in [0, 0.1) is 11.8 Å². The van der Waals surface area contributed by atoms with Crippen molar-refractivity contribution in [2.45, 2.75) is 426 Å². The molecule has 0 bridgehead atoms. The molecule has 3 unspecified atom stereocenters. The first kappa shape index (κ1) is 95.1. The van der Waals surface area contributed by atoms with E-state index in [2.05, 4.69) is 41.5 Å². The van der Waals surface area contributed by atoms with Crippen LogP contribution in [0.2, 0.25) is 0 Å². The van der Waals surface area contributed by atoms with Gasteiger partial charge in [0, 0.05) is 25.7 Å². The molecule has 17 nitrogen and oxygen atoms in total. The number of carbonyl (C=O) groups is 4. The van der Waals surface area contributed by atoms with Gasteiger partial charge in [0.05, 0.1) is 26.4 Å². The van der Waals surface area contributed by atoms with Crippen molar-refractivity contribution >= 4 is 39.5 Å². The van der Waals surface area contributed by atoms with Gasteiger partial charge in [-0.3, -0.25) is 37.3 Å². The second kappa shape index (κ2) is 69.8. The van der Waals surface area contributed by atoms with E-state index in [-0.39, 0.29) is 25.7 Å². The van der Waals surface area contributed by atoms with Crippen LogP contribution in [0.1, 0.15) is 408 Å². The molecule has 0 aliphatic heterocycles. The number of hydrogen-bond donors (Lipinski definition) is 3. The minimum atomic E-state index is -4.96. The van der Waals surface area contributed by atoms with Gasteiger partial charge in [0.1, 0.15) is 19.3 Å². The fourth-order valence-corrected chi connectivity index (χ4v) is 13.6. The molecule has 0 heterocycles. The van der Waals surface area contributed by atoms with Gasteiger partial charge in [-0.2, -0.15) is 0 Å². The molecule has 0 rings (SSSR count). The minimum Gasteiger partial charge on any atom is -0.462 e. The Bertz CT molecular complexity index is 1870. The summed E-state index contributed by atoms with van der Waals surface area (Å²) in [4.78, 5) is 72.8. The topological polar surface area (TPSA) is 237 Å². The third kappa shape index (κ3) is 70.9. The molecule has 19 heteroatoms. The van der Waals surface area contributed by atoms with E-state index in [9.17, 15) is 43.2 Å². The van der Waals surface area contributed by atoms with Gasteiger partial charge in [0.2, 0.25) is 0 Å². The number of phosphoric ester groups is 2. The SMILES string of the molecule is CCCCCCCCCCCCCCCCCCCCCCCC(=O)O[C@H](COC(=O)CCCCCCCCCCCCCCCCCCC)COP(=O)(O)OC[C@@H](O)COP(=O)(O)OC[C@@H](COC(=O)CCCCCCCCC(C)C)OC(=O)CCCCCCCCC(C)CC. The molecule has 3 N–H and O–H groups in total. The summed E-state index contributed by atoms with van der Waals surface area (Å²) in [5.74, 6) is -0.720. The molecule has 6 atom stereocenters. The maximum Gasteiger partial charge on any atom is 0.472 e. The largest absolute Gasteiger partial charge is 0.472 e. The van der Waals surface area contributed by atoms with Crippen LogP contribution in [0.15, 0.2) is 0 Å². The number of unbranched alkanes of at least 4 members (excludes halogenated alkanes) is 46. The van der Waals surface area contributed by atoms with E-state index in [1.807, 2.05) is 0 Å². The summed E-state index contributed by atoms with van der Waals surface area (Å²) in [5, 5.41) is 10.6. The van der Waals surface area contributed by atoms with Crippen molar-refractivity contribution in [3.8, 4) is 0 Å². The van der Waals surface area contributed by atoms with Crippen LogP contribution in [-0.2, 0) is 65.4 Å². The second-order valence-corrected chi connectivity index (χ2v) is 31.7. The minimum absolute atomic E-state index is 0.102. The zero-order chi connectivity index (χ0) is 71.4. The molecule has 97 heavy (non-hydrogen) atoms. The fraction of sp³-hybridized carbons (Fsp3) is 0.949. The highest BCUT2D eigenvalue weighted by molar-refractivity contribution is 7.47. The van der Waals surface area contributed by atoms with Crippen molar-refractivity contribution in [3.05, 3.63) is 0 Å². The predicted molar refractivity (Wildman–Crippen MR) is 395 cm³/mol. The zero-order valence-electron chi connectivity index (χ0n) is 63.4. The first-order valence-electron chi connectivity index (χ1n) is 40.5. The van der Waals surface area contributed by atoms with Crippen molar-refractivity contribution < 1.29 is 80.2 Å². The molecule has 0 spiro atoms. The number of carbonyl (C=O) groups excluding carboxylic acids is 4. The van der Waals surface area contributed by atoms with Crippen molar-refractivity contribution in [2.75, 3.05) is 39.6 Å². The molecular weight excluding hydrogens is 1270 g/mol. The average Bonchev–Trinajstić information content (AvgIpc) is 1.75. The number of hydrogen-bond acceptors (Lipinski definition) is 15. The Balaban J connectivity index is 5.19. The Morgan fingerprint density at radius 3 is 0.784 bits per heavy atom. The Morgan fingerprint density at radius 2 is 0.526 bits per heavy atom. The molecule has 0 radical (unpaired) electrons. The summed E-state index contributed by atoms with van der Waals surface area (Å²) < 4.78 is 68.5. The third-order valence-electron chi connectivity index (χ3n) is 18.6. The fourth-order valence-electron chi connectivity index (χ4n) is 12.0. The summed E-state index contributed by atoms with van der Waals surface area (Å²) in [6, 6.07) is 0. The van der Waals surface area contributed by atoms with Crippen molar-refractivity contribution in [1.82, 2.24) is 0 Å². The van der Waals surface area contributed by atoms with Crippen LogP contribution < -0.4 is 0 Å². The Labute approximate surface area is 594 Å². The van der Waals surface area contributed by atoms with E-state index in [1.54, 1.807) is 0 Å². The van der Waals surface area contributed by atoms with E-state index in [4.69, 9.17) is 37.0 Å². The van der Waals surface area contributed by atoms with Gasteiger partial charge in [-0.15, -0.1) is 0 Å². The van der Waals surface area contributed by atoms with Gasteiger partial charge in [-0.25, -0.2) is 9.13 Å². The second-order valence-electron chi connectivity index (χ2n) is 28.8. The maximum absolute atomic E-state index is 13.1. The van der Waals surface area contributed by atoms with Crippen LogP contribution >= 0.6 is 15.6 Å². The standard InChI is InChI=1S/C78H152O17P2/c1-7-10-12-14-16-18-20-22-24-26-27-28-29-31-33-35-37-39-41-50-56-62-77(82)94-73(66-88-75(80)60-54-48-40-38-36-34-32-30-25-23-21-19-17-15-13-11-8-2)68-92-96(84,85)90-64-72(79)65-91-97(86,87)93-69-74(67-89-76(81)61-55-49-44-42-46-52-58-70(4)5)95-78(83)63-57-51-45-43-47-53-59-71(6)9-3/h70-74,79H,7-69H2,1-6H3,(H,84,85)(H,86,87)/t71?,72-,73-,74-/m1/s1. The highest BCUT2D eigenvalue weighted by Gasteiger charge is 2.30. The molecule has 0 amide bonds. The van der Waals surface area contributed by atoms with Crippen LogP contribution in [-0.4, -0.2) is 96.7 Å². The molecule has 576 valence electrons. The molecule has 0 aromatic rings. The number of aliphatic hydroxyl groups is 1.